The fourth-order valence-electron chi connectivity index (χ4n) is 3.64. The summed E-state index contributed by atoms with van der Waals surface area (Å²) in [6.07, 6.45) is 12.1. The van der Waals surface area contributed by atoms with E-state index in [-0.39, 0.29) is 5.97 Å². The first-order chi connectivity index (χ1) is 8.72. The number of methoxy groups -OCH3 is 1. The van der Waals surface area contributed by atoms with Crippen LogP contribution in [0.4, 0.5) is 0 Å². The summed E-state index contributed by atoms with van der Waals surface area (Å²) in [5, 5.41) is 0. The van der Waals surface area contributed by atoms with E-state index in [1.165, 1.54) is 26.4 Å². The smallest absolute Gasteiger partial charge is 0.305 e. The lowest BCUT2D eigenvalue weighted by Crippen LogP contribution is -2.35. The molecule has 0 saturated heterocycles. The molecule has 0 radical (unpaired) electrons. The molecule has 0 aromatic rings. The topological polar surface area (TPSA) is 52.3 Å². The van der Waals surface area contributed by atoms with Crippen LogP contribution < -0.4 is 5.73 Å². The van der Waals surface area contributed by atoms with Crippen LogP contribution in [0.25, 0.3) is 0 Å². The SMILES string of the molecule is COC(=O)CCC/C=C\C[C@H]1[C@@H]2CC[C@@H](C2)[C@H]1N. The molecular formula is C15H25NO2. The molecule has 0 aromatic carbocycles. The zero-order valence-electron chi connectivity index (χ0n) is 11.3. The highest BCUT2D eigenvalue weighted by Gasteiger charge is 2.44. The molecule has 2 fully saturated rings. The Kier molecular flexibility index (Phi) is 4.81. The number of fused-ring (bicyclic) bond motifs is 2. The summed E-state index contributed by atoms with van der Waals surface area (Å²) in [5.41, 5.74) is 6.27. The van der Waals surface area contributed by atoms with Gasteiger partial charge < -0.3 is 10.5 Å². The number of carbonyl (C=O) groups is 1. The highest BCUT2D eigenvalue weighted by molar-refractivity contribution is 5.68. The lowest BCUT2D eigenvalue weighted by Gasteiger charge is -2.27. The fourth-order valence-corrected chi connectivity index (χ4v) is 3.64. The zero-order valence-corrected chi connectivity index (χ0v) is 11.3. The molecule has 2 saturated carbocycles. The lowest BCUT2D eigenvalue weighted by molar-refractivity contribution is -0.140. The molecule has 0 spiro atoms. The highest BCUT2D eigenvalue weighted by Crippen LogP contribution is 2.48. The van der Waals surface area contributed by atoms with Gasteiger partial charge in [-0.3, -0.25) is 4.79 Å². The van der Waals surface area contributed by atoms with E-state index in [1.807, 2.05) is 0 Å². The van der Waals surface area contributed by atoms with Gasteiger partial charge in [-0.05, 0) is 56.3 Å². The van der Waals surface area contributed by atoms with Crippen LogP contribution in [-0.2, 0) is 9.53 Å². The normalized spacial score (nSPS) is 34.3. The van der Waals surface area contributed by atoms with Crippen LogP contribution in [0.5, 0.6) is 0 Å². The molecule has 0 aromatic heterocycles. The first-order valence-corrected chi connectivity index (χ1v) is 7.19. The zero-order chi connectivity index (χ0) is 13.0. The van der Waals surface area contributed by atoms with Gasteiger partial charge in [0.05, 0.1) is 7.11 Å². The Morgan fingerprint density at radius 3 is 2.78 bits per heavy atom. The molecule has 0 heterocycles. The molecule has 2 aliphatic rings. The molecule has 0 amide bonds. The maximum Gasteiger partial charge on any atom is 0.305 e. The third kappa shape index (κ3) is 3.14. The monoisotopic (exact) mass is 251 g/mol. The molecule has 2 N–H and O–H groups in total. The number of esters is 1. The molecular weight excluding hydrogens is 226 g/mol. The molecule has 3 heteroatoms. The first kappa shape index (κ1) is 13.6. The van der Waals surface area contributed by atoms with Gasteiger partial charge in [-0.15, -0.1) is 0 Å². The molecule has 18 heavy (non-hydrogen) atoms. The second kappa shape index (κ2) is 6.37. The van der Waals surface area contributed by atoms with Gasteiger partial charge >= 0.3 is 5.97 Å². The fraction of sp³-hybridized carbons (Fsp3) is 0.800. The first-order valence-electron chi connectivity index (χ1n) is 7.19. The number of hydrogen-bond acceptors (Lipinski definition) is 3. The van der Waals surface area contributed by atoms with Gasteiger partial charge in [0.2, 0.25) is 0 Å². The van der Waals surface area contributed by atoms with Crippen molar-refractivity contribution in [1.29, 1.82) is 0 Å². The minimum absolute atomic E-state index is 0.112. The van der Waals surface area contributed by atoms with Crippen molar-refractivity contribution in [1.82, 2.24) is 0 Å². The summed E-state index contributed by atoms with van der Waals surface area (Å²) in [6, 6.07) is 0.434. The Labute approximate surface area is 110 Å². The third-order valence-corrected chi connectivity index (χ3v) is 4.71. The summed E-state index contributed by atoms with van der Waals surface area (Å²) in [6.45, 7) is 0. The van der Waals surface area contributed by atoms with Crippen molar-refractivity contribution in [2.45, 2.75) is 51.0 Å². The maximum atomic E-state index is 10.9. The molecule has 2 aliphatic carbocycles. The number of hydrogen-bond donors (Lipinski definition) is 1. The summed E-state index contributed by atoms with van der Waals surface area (Å²) >= 11 is 0. The maximum absolute atomic E-state index is 10.9. The van der Waals surface area contributed by atoms with Gasteiger partial charge in [0, 0.05) is 12.5 Å². The molecule has 2 bridgehead atoms. The average Bonchev–Trinajstić information content (AvgIpc) is 2.95. The van der Waals surface area contributed by atoms with Crippen LogP contribution >= 0.6 is 0 Å². The predicted molar refractivity (Wildman–Crippen MR) is 71.9 cm³/mol. The Morgan fingerprint density at radius 2 is 2.11 bits per heavy atom. The Bertz CT molecular complexity index is 312. The van der Waals surface area contributed by atoms with Crippen LogP contribution in [-0.4, -0.2) is 19.1 Å². The summed E-state index contributed by atoms with van der Waals surface area (Å²) < 4.78 is 4.61. The average molecular weight is 251 g/mol. The van der Waals surface area contributed by atoms with E-state index in [0.717, 1.165) is 31.1 Å². The van der Waals surface area contributed by atoms with Crippen molar-refractivity contribution in [3.63, 3.8) is 0 Å². The molecule has 0 aliphatic heterocycles. The third-order valence-electron chi connectivity index (χ3n) is 4.71. The van der Waals surface area contributed by atoms with Crippen LogP contribution in [0.3, 0.4) is 0 Å². The quantitative estimate of drug-likeness (QED) is 0.448. The number of nitrogens with two attached hydrogens (primary N) is 1. The predicted octanol–water partition coefficient (Wildman–Crippen LogP) is 2.65. The highest BCUT2D eigenvalue weighted by atomic mass is 16.5. The number of rotatable bonds is 6. The summed E-state index contributed by atoms with van der Waals surface area (Å²) in [5.74, 6) is 2.27. The van der Waals surface area contributed by atoms with E-state index in [1.54, 1.807) is 0 Å². The molecule has 102 valence electrons. The number of unbranched alkanes of at least 4 members (excludes halogenated alkanes) is 1. The summed E-state index contributed by atoms with van der Waals surface area (Å²) in [4.78, 5) is 10.9. The van der Waals surface area contributed by atoms with Crippen molar-refractivity contribution in [2.75, 3.05) is 7.11 Å². The number of allylic oxidation sites excluding steroid dienone is 2. The van der Waals surface area contributed by atoms with Crippen LogP contribution in [0, 0.1) is 17.8 Å². The van der Waals surface area contributed by atoms with Gasteiger partial charge in [-0.25, -0.2) is 0 Å². The van der Waals surface area contributed by atoms with Crippen molar-refractivity contribution >= 4 is 5.97 Å². The van der Waals surface area contributed by atoms with Crippen molar-refractivity contribution in [3.05, 3.63) is 12.2 Å². The van der Waals surface area contributed by atoms with E-state index >= 15 is 0 Å². The number of carbonyl (C=O) groups excluding carboxylic acids is 1. The van der Waals surface area contributed by atoms with E-state index in [4.69, 9.17) is 5.73 Å². The Hall–Kier alpha value is -0.830. The Balaban J connectivity index is 1.61. The van der Waals surface area contributed by atoms with E-state index in [2.05, 4.69) is 16.9 Å². The van der Waals surface area contributed by atoms with Gasteiger partial charge in [-0.1, -0.05) is 12.2 Å². The minimum atomic E-state index is -0.112. The van der Waals surface area contributed by atoms with Crippen molar-refractivity contribution < 1.29 is 9.53 Å². The van der Waals surface area contributed by atoms with Gasteiger partial charge in [-0.2, -0.15) is 0 Å². The molecule has 4 atom stereocenters. The van der Waals surface area contributed by atoms with Crippen LogP contribution in [0.15, 0.2) is 12.2 Å². The van der Waals surface area contributed by atoms with Gasteiger partial charge in [0.15, 0.2) is 0 Å². The van der Waals surface area contributed by atoms with Crippen LogP contribution in [0.1, 0.15) is 44.9 Å². The second-order valence-electron chi connectivity index (χ2n) is 5.75. The van der Waals surface area contributed by atoms with Gasteiger partial charge in [0.1, 0.15) is 0 Å². The van der Waals surface area contributed by atoms with E-state index < -0.39 is 0 Å². The molecule has 2 rings (SSSR count). The van der Waals surface area contributed by atoms with Gasteiger partial charge in [0.25, 0.3) is 0 Å². The molecule has 0 unspecified atom stereocenters. The van der Waals surface area contributed by atoms with Crippen molar-refractivity contribution in [2.24, 2.45) is 23.5 Å². The van der Waals surface area contributed by atoms with Crippen molar-refractivity contribution in [3.8, 4) is 0 Å². The lowest BCUT2D eigenvalue weighted by atomic mass is 9.83. The van der Waals surface area contributed by atoms with E-state index in [9.17, 15) is 4.79 Å². The largest absolute Gasteiger partial charge is 0.469 e. The van der Waals surface area contributed by atoms with E-state index in [0.29, 0.717) is 18.4 Å². The second-order valence-corrected chi connectivity index (χ2v) is 5.75. The molecule has 3 nitrogen and oxygen atoms in total. The standard InChI is InChI=1S/C15H25NO2/c1-18-14(17)7-5-3-2-4-6-13-11-8-9-12(10-11)15(13)16/h2,4,11-13,15H,3,5-10,16H2,1H3/b4-2-/t11-,12+,13+,15-/m1/s1. The minimum Gasteiger partial charge on any atom is -0.469 e. The number of ether oxygens (including phenoxy) is 1. The van der Waals surface area contributed by atoms with Crippen LogP contribution in [0.2, 0.25) is 0 Å². The Morgan fingerprint density at radius 1 is 1.33 bits per heavy atom. The summed E-state index contributed by atoms with van der Waals surface area (Å²) in [7, 11) is 1.44.